The van der Waals surface area contributed by atoms with Crippen molar-refractivity contribution >= 4 is 29.0 Å². The van der Waals surface area contributed by atoms with Crippen LogP contribution in [0.1, 0.15) is 23.7 Å². The van der Waals surface area contributed by atoms with E-state index in [4.69, 9.17) is 4.42 Å². The number of nitrogens with zero attached hydrogens (tertiary/aromatic N) is 2. The first-order valence-electron chi connectivity index (χ1n) is 7.79. The molecule has 1 amide bonds. The van der Waals surface area contributed by atoms with Gasteiger partial charge in [0.2, 0.25) is 5.91 Å². The third-order valence-electron chi connectivity index (χ3n) is 3.69. The average molecular weight is 375 g/mol. The van der Waals surface area contributed by atoms with E-state index in [1.54, 1.807) is 12.1 Å². The van der Waals surface area contributed by atoms with Crippen molar-refractivity contribution in [2.45, 2.75) is 29.4 Å². The molecule has 5 nitrogen and oxygen atoms in total. The van der Waals surface area contributed by atoms with Crippen LogP contribution in [0.25, 0.3) is 10.8 Å². The fraction of sp³-hybridized carbons (Fsp3) is 0.235. The number of hydrogen-bond acceptors (Lipinski definition) is 6. The van der Waals surface area contributed by atoms with Crippen LogP contribution in [0, 0.1) is 5.82 Å². The Morgan fingerprint density at radius 3 is 2.76 bits per heavy atom. The number of benzene rings is 1. The summed E-state index contributed by atoms with van der Waals surface area (Å²) in [5.74, 6) is -0.0409. The summed E-state index contributed by atoms with van der Waals surface area (Å²) in [6.07, 6.45) is 1.99. The minimum Gasteiger partial charge on any atom is -0.410 e. The Kier molecular flexibility index (Phi) is 4.54. The van der Waals surface area contributed by atoms with Gasteiger partial charge in [-0.15, -0.1) is 21.5 Å². The summed E-state index contributed by atoms with van der Waals surface area (Å²) in [6, 6.07) is 9.94. The van der Waals surface area contributed by atoms with Gasteiger partial charge in [0.15, 0.2) is 0 Å². The van der Waals surface area contributed by atoms with E-state index in [-0.39, 0.29) is 17.8 Å². The van der Waals surface area contributed by atoms with Gasteiger partial charge in [-0.2, -0.15) is 0 Å². The summed E-state index contributed by atoms with van der Waals surface area (Å²) in [4.78, 5) is 13.5. The summed E-state index contributed by atoms with van der Waals surface area (Å²) in [6.45, 7) is 0. The fourth-order valence-corrected chi connectivity index (χ4v) is 3.80. The predicted octanol–water partition coefficient (Wildman–Crippen LogP) is 4.05. The van der Waals surface area contributed by atoms with Crippen LogP contribution in [-0.4, -0.2) is 22.1 Å². The van der Waals surface area contributed by atoms with Crippen LogP contribution < -0.4 is 5.32 Å². The molecular weight excluding hydrogens is 361 g/mol. The predicted molar refractivity (Wildman–Crippen MR) is 93.8 cm³/mol. The molecule has 128 valence electrons. The van der Waals surface area contributed by atoms with E-state index >= 15 is 0 Å². The van der Waals surface area contributed by atoms with Gasteiger partial charge < -0.3 is 9.73 Å². The zero-order valence-electron chi connectivity index (χ0n) is 13.0. The van der Waals surface area contributed by atoms with Gasteiger partial charge >= 0.3 is 0 Å². The molecular formula is C17H14FN3O2S2. The number of hydrogen-bond donors (Lipinski definition) is 1. The standard InChI is InChI=1S/C17H14FN3O2S2/c18-11-5-3-10(4-6-11)14(15(22)19-12-7-8-12)25-17-21-20-16(23-17)13-2-1-9-24-13/h1-6,9,12,14H,7-8H2,(H,19,22). The Bertz CT molecular complexity index is 860. The smallest absolute Gasteiger partial charge is 0.278 e. The molecule has 25 heavy (non-hydrogen) atoms. The molecule has 1 saturated carbocycles. The summed E-state index contributed by atoms with van der Waals surface area (Å²) in [7, 11) is 0. The van der Waals surface area contributed by atoms with Crippen molar-refractivity contribution in [3.05, 3.63) is 53.2 Å². The van der Waals surface area contributed by atoms with Crippen molar-refractivity contribution in [3.63, 3.8) is 0 Å². The van der Waals surface area contributed by atoms with Gasteiger partial charge in [-0.25, -0.2) is 4.39 Å². The molecule has 0 bridgehead atoms. The highest BCUT2D eigenvalue weighted by molar-refractivity contribution is 8.00. The minimum atomic E-state index is -0.571. The molecule has 1 atom stereocenters. The van der Waals surface area contributed by atoms with Crippen molar-refractivity contribution in [2.75, 3.05) is 0 Å². The van der Waals surface area contributed by atoms with Gasteiger partial charge in [-0.3, -0.25) is 4.79 Å². The van der Waals surface area contributed by atoms with Gasteiger partial charge in [0.1, 0.15) is 11.1 Å². The first-order chi connectivity index (χ1) is 12.2. The van der Waals surface area contributed by atoms with Gasteiger partial charge in [0, 0.05) is 6.04 Å². The van der Waals surface area contributed by atoms with Crippen LogP contribution in [-0.2, 0) is 4.79 Å². The lowest BCUT2D eigenvalue weighted by atomic mass is 10.1. The van der Waals surface area contributed by atoms with E-state index in [0.29, 0.717) is 16.7 Å². The van der Waals surface area contributed by atoms with Crippen molar-refractivity contribution in [1.82, 2.24) is 15.5 Å². The number of amides is 1. The molecule has 0 radical (unpaired) electrons. The zero-order valence-corrected chi connectivity index (χ0v) is 14.6. The first-order valence-corrected chi connectivity index (χ1v) is 9.55. The molecule has 1 aliphatic rings. The van der Waals surface area contributed by atoms with Gasteiger partial charge in [0.25, 0.3) is 11.1 Å². The molecule has 0 aliphatic heterocycles. The number of aromatic nitrogens is 2. The monoisotopic (exact) mass is 375 g/mol. The molecule has 8 heteroatoms. The molecule has 2 heterocycles. The number of rotatable bonds is 6. The van der Waals surface area contributed by atoms with Crippen LogP contribution >= 0.6 is 23.1 Å². The second kappa shape index (κ2) is 6.97. The molecule has 0 spiro atoms. The lowest BCUT2D eigenvalue weighted by Crippen LogP contribution is -2.29. The van der Waals surface area contributed by atoms with E-state index in [1.165, 1.54) is 35.2 Å². The first kappa shape index (κ1) is 16.3. The minimum absolute atomic E-state index is 0.130. The van der Waals surface area contributed by atoms with Gasteiger partial charge in [-0.05, 0) is 53.7 Å². The lowest BCUT2D eigenvalue weighted by molar-refractivity contribution is -0.120. The van der Waals surface area contributed by atoms with Gasteiger partial charge in [-0.1, -0.05) is 18.2 Å². The Balaban J connectivity index is 1.57. The highest BCUT2D eigenvalue weighted by Gasteiger charge is 2.30. The van der Waals surface area contributed by atoms with Crippen molar-refractivity contribution < 1.29 is 13.6 Å². The maximum atomic E-state index is 13.2. The number of carbonyl (C=O) groups excluding carboxylic acids is 1. The molecule has 2 aromatic heterocycles. The summed E-state index contributed by atoms with van der Waals surface area (Å²) < 4.78 is 18.9. The Morgan fingerprint density at radius 1 is 1.28 bits per heavy atom. The molecule has 3 aromatic rings. The van der Waals surface area contributed by atoms with Crippen LogP contribution in [0.3, 0.4) is 0 Å². The molecule has 0 saturated heterocycles. The third-order valence-corrected chi connectivity index (χ3v) is 5.64. The second-order valence-corrected chi connectivity index (χ2v) is 7.69. The largest absolute Gasteiger partial charge is 0.410 e. The third kappa shape index (κ3) is 3.91. The number of thioether (sulfide) groups is 1. The number of nitrogens with one attached hydrogen (secondary N) is 1. The topological polar surface area (TPSA) is 68.0 Å². The van der Waals surface area contributed by atoms with Crippen molar-refractivity contribution in [1.29, 1.82) is 0 Å². The van der Waals surface area contributed by atoms with Crippen LogP contribution in [0.4, 0.5) is 4.39 Å². The van der Waals surface area contributed by atoms with E-state index < -0.39 is 5.25 Å². The Labute approximate surface area is 151 Å². The van der Waals surface area contributed by atoms with Crippen LogP contribution in [0.15, 0.2) is 51.4 Å². The number of thiophene rings is 1. The lowest BCUT2D eigenvalue weighted by Gasteiger charge is -2.14. The van der Waals surface area contributed by atoms with E-state index in [2.05, 4.69) is 15.5 Å². The Hall–Kier alpha value is -2.19. The van der Waals surface area contributed by atoms with E-state index in [0.717, 1.165) is 17.7 Å². The molecule has 1 unspecified atom stereocenters. The number of carbonyl (C=O) groups is 1. The number of halogens is 1. The fourth-order valence-electron chi connectivity index (χ4n) is 2.27. The summed E-state index contributed by atoms with van der Waals surface area (Å²) in [5.41, 5.74) is 0.695. The molecule has 1 aliphatic carbocycles. The SMILES string of the molecule is O=C(NC1CC1)C(Sc1nnc(-c2cccs2)o1)c1ccc(F)cc1. The quantitative estimate of drug-likeness (QED) is 0.659. The molecule has 1 N–H and O–H groups in total. The summed E-state index contributed by atoms with van der Waals surface area (Å²) >= 11 is 2.68. The Morgan fingerprint density at radius 2 is 2.08 bits per heavy atom. The molecule has 4 rings (SSSR count). The summed E-state index contributed by atoms with van der Waals surface area (Å²) in [5, 5.41) is 12.7. The van der Waals surface area contributed by atoms with E-state index in [9.17, 15) is 9.18 Å². The second-order valence-electron chi connectivity index (χ2n) is 5.68. The molecule has 1 fully saturated rings. The zero-order chi connectivity index (χ0) is 17.2. The van der Waals surface area contributed by atoms with Crippen molar-refractivity contribution in [3.8, 4) is 10.8 Å². The van der Waals surface area contributed by atoms with Gasteiger partial charge in [0.05, 0.1) is 4.88 Å². The highest BCUT2D eigenvalue weighted by atomic mass is 32.2. The van der Waals surface area contributed by atoms with E-state index in [1.807, 2.05) is 17.5 Å². The maximum Gasteiger partial charge on any atom is 0.278 e. The molecule has 1 aromatic carbocycles. The van der Waals surface area contributed by atoms with Crippen molar-refractivity contribution in [2.24, 2.45) is 0 Å². The normalized spacial score (nSPS) is 15.1. The van der Waals surface area contributed by atoms with Crippen LogP contribution in [0.2, 0.25) is 0 Å². The highest BCUT2D eigenvalue weighted by Crippen LogP contribution is 2.37. The maximum absolute atomic E-state index is 13.2. The van der Waals surface area contributed by atoms with Crippen LogP contribution in [0.5, 0.6) is 0 Å². The average Bonchev–Trinajstić information content (AvgIpc) is 3.09.